The lowest BCUT2D eigenvalue weighted by Crippen LogP contribution is -2.28. The lowest BCUT2D eigenvalue weighted by Gasteiger charge is -2.14. The number of halogens is 1. The van der Waals surface area contributed by atoms with Gasteiger partial charge in [0.15, 0.2) is 10.4 Å². The molecule has 5 heteroatoms. The van der Waals surface area contributed by atoms with E-state index in [4.69, 9.17) is 4.42 Å². The lowest BCUT2D eigenvalue weighted by atomic mass is 10.0. The number of nitrogens with one attached hydrogen (secondary N) is 1. The highest BCUT2D eigenvalue weighted by Crippen LogP contribution is 2.19. The maximum Gasteiger partial charge on any atom is 0.287 e. The smallest absolute Gasteiger partial charge is 0.287 e. The number of hydrogen-bond donors (Lipinski definition) is 2. The Hall–Kier alpha value is -0.810. The fraction of sp³-hybridized carbons (Fsp3) is 0.583. The zero-order valence-corrected chi connectivity index (χ0v) is 11.9. The minimum absolute atomic E-state index is 0.200. The van der Waals surface area contributed by atoms with Gasteiger partial charge in [0.05, 0.1) is 6.10 Å². The van der Waals surface area contributed by atoms with Crippen LogP contribution in [-0.4, -0.2) is 23.7 Å². The zero-order chi connectivity index (χ0) is 13.0. The molecule has 1 atom stereocenters. The van der Waals surface area contributed by atoms with E-state index in [0.717, 1.165) is 5.56 Å². The second-order valence-corrected chi connectivity index (χ2v) is 5.20. The van der Waals surface area contributed by atoms with Gasteiger partial charge in [-0.05, 0) is 41.3 Å². The Bertz CT molecular complexity index is 387. The van der Waals surface area contributed by atoms with Gasteiger partial charge in [-0.3, -0.25) is 4.79 Å². The first kappa shape index (κ1) is 14.3. The van der Waals surface area contributed by atoms with E-state index >= 15 is 0 Å². The van der Waals surface area contributed by atoms with Crippen LogP contribution in [0.3, 0.4) is 0 Å². The molecule has 2 N–H and O–H groups in total. The number of aliphatic hydroxyl groups excluding tert-OH is 1. The van der Waals surface area contributed by atoms with Gasteiger partial charge in [0.25, 0.3) is 5.91 Å². The Morgan fingerprint density at radius 2 is 2.24 bits per heavy atom. The van der Waals surface area contributed by atoms with Gasteiger partial charge in [-0.1, -0.05) is 13.8 Å². The van der Waals surface area contributed by atoms with E-state index in [1.54, 1.807) is 6.07 Å². The summed E-state index contributed by atoms with van der Waals surface area (Å²) in [6, 6.07) is 1.75. The molecule has 1 aromatic rings. The summed E-state index contributed by atoms with van der Waals surface area (Å²) in [5.41, 5.74) is 0.791. The number of hydrogen-bond acceptors (Lipinski definition) is 3. The number of rotatable bonds is 5. The van der Waals surface area contributed by atoms with Gasteiger partial charge in [0.2, 0.25) is 0 Å². The quantitative estimate of drug-likeness (QED) is 0.878. The Morgan fingerprint density at radius 1 is 1.59 bits per heavy atom. The second-order valence-electron chi connectivity index (χ2n) is 4.42. The molecule has 1 aromatic heterocycles. The van der Waals surface area contributed by atoms with Crippen LogP contribution >= 0.6 is 15.9 Å². The molecule has 17 heavy (non-hydrogen) atoms. The van der Waals surface area contributed by atoms with Crippen molar-refractivity contribution in [3.63, 3.8) is 0 Å². The summed E-state index contributed by atoms with van der Waals surface area (Å²) in [5, 5.41) is 12.3. The SMILES string of the molecule is Cc1cc(Br)oc1C(=O)NCCC(O)C(C)C. The van der Waals surface area contributed by atoms with Gasteiger partial charge in [-0.15, -0.1) is 0 Å². The van der Waals surface area contributed by atoms with Crippen LogP contribution in [0.25, 0.3) is 0 Å². The van der Waals surface area contributed by atoms with Gasteiger partial charge in [-0.2, -0.15) is 0 Å². The van der Waals surface area contributed by atoms with Crippen LogP contribution in [0.15, 0.2) is 15.2 Å². The summed E-state index contributed by atoms with van der Waals surface area (Å²) in [5.74, 6) is 0.270. The van der Waals surface area contributed by atoms with Crippen molar-refractivity contribution >= 4 is 21.8 Å². The normalized spacial score (nSPS) is 12.8. The van der Waals surface area contributed by atoms with E-state index in [0.29, 0.717) is 23.4 Å². The number of amides is 1. The van der Waals surface area contributed by atoms with Crippen LogP contribution in [-0.2, 0) is 0 Å². The first-order chi connectivity index (χ1) is 7.91. The van der Waals surface area contributed by atoms with Gasteiger partial charge in [0, 0.05) is 12.1 Å². The van der Waals surface area contributed by atoms with Gasteiger partial charge in [0.1, 0.15) is 0 Å². The monoisotopic (exact) mass is 303 g/mol. The van der Waals surface area contributed by atoms with E-state index in [2.05, 4.69) is 21.2 Å². The molecule has 4 nitrogen and oxygen atoms in total. The van der Waals surface area contributed by atoms with Crippen molar-refractivity contribution in [2.24, 2.45) is 5.92 Å². The van der Waals surface area contributed by atoms with E-state index in [9.17, 15) is 9.90 Å². The van der Waals surface area contributed by atoms with Crippen LogP contribution in [0.1, 0.15) is 36.4 Å². The highest BCUT2D eigenvalue weighted by atomic mass is 79.9. The Labute approximate surface area is 110 Å². The van der Waals surface area contributed by atoms with E-state index in [-0.39, 0.29) is 17.9 Å². The van der Waals surface area contributed by atoms with E-state index in [1.807, 2.05) is 20.8 Å². The number of carbonyl (C=O) groups is 1. The third-order valence-electron chi connectivity index (χ3n) is 2.59. The maximum atomic E-state index is 11.7. The summed E-state index contributed by atoms with van der Waals surface area (Å²) in [7, 11) is 0. The summed E-state index contributed by atoms with van der Waals surface area (Å²) < 4.78 is 5.77. The Morgan fingerprint density at radius 3 is 2.71 bits per heavy atom. The minimum atomic E-state index is -0.389. The average Bonchev–Trinajstić information content (AvgIpc) is 2.57. The Kier molecular flexibility index (Phi) is 5.21. The summed E-state index contributed by atoms with van der Waals surface area (Å²) in [6.07, 6.45) is 0.157. The minimum Gasteiger partial charge on any atom is -0.444 e. The van der Waals surface area contributed by atoms with Crippen molar-refractivity contribution in [1.29, 1.82) is 0 Å². The molecule has 0 radical (unpaired) electrons. The molecule has 0 aliphatic heterocycles. The summed E-state index contributed by atoms with van der Waals surface area (Å²) in [6.45, 7) is 6.14. The first-order valence-electron chi connectivity index (χ1n) is 5.64. The number of furan rings is 1. The predicted molar refractivity (Wildman–Crippen MR) is 68.9 cm³/mol. The molecule has 0 aromatic carbocycles. The molecule has 0 spiro atoms. The first-order valence-corrected chi connectivity index (χ1v) is 6.43. The second kappa shape index (κ2) is 6.21. The van der Waals surface area contributed by atoms with Crippen LogP contribution < -0.4 is 5.32 Å². The van der Waals surface area contributed by atoms with Crippen molar-refractivity contribution in [3.05, 3.63) is 22.1 Å². The molecule has 0 aliphatic carbocycles. The molecule has 1 heterocycles. The Balaban J connectivity index is 2.43. The zero-order valence-electron chi connectivity index (χ0n) is 10.3. The van der Waals surface area contributed by atoms with E-state index < -0.39 is 0 Å². The number of aliphatic hydroxyl groups is 1. The maximum absolute atomic E-state index is 11.7. The average molecular weight is 304 g/mol. The molecule has 0 fully saturated rings. The van der Waals surface area contributed by atoms with Crippen molar-refractivity contribution in [1.82, 2.24) is 5.32 Å². The summed E-state index contributed by atoms with van der Waals surface area (Å²) >= 11 is 3.18. The largest absolute Gasteiger partial charge is 0.444 e. The fourth-order valence-electron chi connectivity index (χ4n) is 1.42. The molecule has 0 aliphatic rings. The highest BCUT2D eigenvalue weighted by molar-refractivity contribution is 9.10. The molecule has 0 saturated heterocycles. The lowest BCUT2D eigenvalue weighted by molar-refractivity contribution is 0.0893. The molecular formula is C12H18BrNO3. The third-order valence-corrected chi connectivity index (χ3v) is 2.98. The molecule has 0 bridgehead atoms. The van der Waals surface area contributed by atoms with Crippen molar-refractivity contribution in [3.8, 4) is 0 Å². The van der Waals surface area contributed by atoms with Crippen LogP contribution in [0, 0.1) is 12.8 Å². The molecule has 1 rings (SSSR count). The molecule has 0 saturated carbocycles. The number of carbonyl (C=O) groups excluding carboxylic acids is 1. The molecular weight excluding hydrogens is 286 g/mol. The van der Waals surface area contributed by atoms with Gasteiger partial charge in [-0.25, -0.2) is 0 Å². The predicted octanol–water partition coefficient (Wildman–Crippen LogP) is 2.49. The van der Waals surface area contributed by atoms with Crippen LogP contribution in [0.2, 0.25) is 0 Å². The highest BCUT2D eigenvalue weighted by Gasteiger charge is 2.15. The van der Waals surface area contributed by atoms with E-state index in [1.165, 1.54) is 0 Å². The summed E-state index contributed by atoms with van der Waals surface area (Å²) in [4.78, 5) is 11.7. The molecule has 96 valence electrons. The topological polar surface area (TPSA) is 62.5 Å². The number of aryl methyl sites for hydroxylation is 1. The van der Waals surface area contributed by atoms with Crippen LogP contribution in [0.4, 0.5) is 0 Å². The van der Waals surface area contributed by atoms with Crippen LogP contribution in [0.5, 0.6) is 0 Å². The van der Waals surface area contributed by atoms with Gasteiger partial charge < -0.3 is 14.8 Å². The standard InChI is InChI=1S/C12H18BrNO3/c1-7(2)9(15)4-5-14-12(16)11-8(3)6-10(13)17-11/h6-7,9,15H,4-5H2,1-3H3,(H,14,16). The van der Waals surface area contributed by atoms with Crippen molar-refractivity contribution in [2.45, 2.75) is 33.3 Å². The third kappa shape index (κ3) is 4.16. The van der Waals surface area contributed by atoms with Crippen molar-refractivity contribution in [2.75, 3.05) is 6.54 Å². The molecule has 1 unspecified atom stereocenters. The molecule has 1 amide bonds. The van der Waals surface area contributed by atoms with Crippen molar-refractivity contribution < 1.29 is 14.3 Å². The van der Waals surface area contributed by atoms with Gasteiger partial charge >= 0.3 is 0 Å². The fourth-order valence-corrected chi connectivity index (χ4v) is 1.92.